The van der Waals surface area contributed by atoms with Crippen LogP contribution in [-0.4, -0.2) is 63.3 Å². The van der Waals surface area contributed by atoms with Crippen molar-refractivity contribution in [2.45, 2.75) is 6.04 Å². The SMILES string of the molecule is O=S([O-])N1CCN2CCNCC2C1. The molecular formula is C7H14N3O2S-. The average molecular weight is 204 g/mol. The lowest BCUT2D eigenvalue weighted by Gasteiger charge is -2.44. The van der Waals surface area contributed by atoms with E-state index in [1.54, 1.807) is 0 Å². The van der Waals surface area contributed by atoms with Crippen molar-refractivity contribution in [3.63, 3.8) is 0 Å². The van der Waals surface area contributed by atoms with Gasteiger partial charge in [0.1, 0.15) is 0 Å². The fourth-order valence-electron chi connectivity index (χ4n) is 1.98. The van der Waals surface area contributed by atoms with Crippen molar-refractivity contribution < 1.29 is 8.76 Å². The van der Waals surface area contributed by atoms with Gasteiger partial charge in [-0.2, -0.15) is 0 Å². The molecule has 0 amide bonds. The van der Waals surface area contributed by atoms with Gasteiger partial charge in [0.05, 0.1) is 0 Å². The molecule has 0 saturated carbocycles. The van der Waals surface area contributed by atoms with Gasteiger partial charge in [-0.15, -0.1) is 0 Å². The second-order valence-electron chi connectivity index (χ2n) is 3.50. The van der Waals surface area contributed by atoms with Gasteiger partial charge in [-0.25, -0.2) is 4.31 Å². The van der Waals surface area contributed by atoms with Crippen molar-refractivity contribution in [1.29, 1.82) is 0 Å². The first kappa shape index (κ1) is 9.54. The van der Waals surface area contributed by atoms with Crippen LogP contribution in [0.1, 0.15) is 0 Å². The fourth-order valence-corrected chi connectivity index (χ4v) is 2.50. The van der Waals surface area contributed by atoms with Crippen molar-refractivity contribution in [2.24, 2.45) is 0 Å². The molecule has 2 aliphatic heterocycles. The summed E-state index contributed by atoms with van der Waals surface area (Å²) < 4.78 is 22.9. The van der Waals surface area contributed by atoms with Crippen LogP contribution in [0.5, 0.6) is 0 Å². The average Bonchev–Trinajstić information content (AvgIpc) is 2.17. The largest absolute Gasteiger partial charge is 0.760 e. The Bertz CT molecular complexity index is 214. The topological polar surface area (TPSA) is 58.6 Å². The van der Waals surface area contributed by atoms with Gasteiger partial charge >= 0.3 is 0 Å². The van der Waals surface area contributed by atoms with Crippen LogP contribution in [0.2, 0.25) is 0 Å². The molecule has 2 aliphatic rings. The molecule has 0 spiro atoms. The number of hydrogen-bond acceptors (Lipinski definition) is 4. The van der Waals surface area contributed by atoms with Gasteiger partial charge in [0, 0.05) is 56.6 Å². The molecule has 6 heteroatoms. The molecule has 2 fully saturated rings. The highest BCUT2D eigenvalue weighted by atomic mass is 32.2. The molecule has 13 heavy (non-hydrogen) atoms. The summed E-state index contributed by atoms with van der Waals surface area (Å²) in [5.41, 5.74) is 0. The molecule has 0 aliphatic carbocycles. The highest BCUT2D eigenvalue weighted by Crippen LogP contribution is 2.11. The number of rotatable bonds is 1. The van der Waals surface area contributed by atoms with Crippen LogP contribution in [0.4, 0.5) is 0 Å². The van der Waals surface area contributed by atoms with E-state index in [-0.39, 0.29) is 0 Å². The molecule has 0 aromatic heterocycles. The minimum absolute atomic E-state index is 0.375. The van der Waals surface area contributed by atoms with Gasteiger partial charge < -0.3 is 9.87 Å². The zero-order valence-corrected chi connectivity index (χ0v) is 8.26. The van der Waals surface area contributed by atoms with Crippen molar-refractivity contribution in [3.8, 4) is 0 Å². The molecule has 5 nitrogen and oxygen atoms in total. The number of piperazine rings is 2. The summed E-state index contributed by atoms with van der Waals surface area (Å²) in [5, 5.41) is 3.27. The third kappa shape index (κ3) is 2.08. The first-order valence-electron chi connectivity index (χ1n) is 4.56. The Morgan fingerprint density at radius 1 is 1.38 bits per heavy atom. The van der Waals surface area contributed by atoms with Crippen LogP contribution in [0.15, 0.2) is 0 Å². The predicted octanol–water partition coefficient (Wildman–Crippen LogP) is -1.63. The van der Waals surface area contributed by atoms with E-state index in [1.807, 2.05) is 0 Å². The molecule has 0 radical (unpaired) electrons. The summed E-state index contributed by atoms with van der Waals surface area (Å²) in [6.07, 6.45) is 0. The fraction of sp³-hybridized carbons (Fsp3) is 1.00. The molecule has 2 heterocycles. The molecule has 0 aromatic carbocycles. The van der Waals surface area contributed by atoms with Gasteiger partial charge in [0.2, 0.25) is 0 Å². The summed E-state index contributed by atoms with van der Waals surface area (Å²) in [6, 6.07) is 0.375. The van der Waals surface area contributed by atoms with E-state index in [4.69, 9.17) is 0 Å². The summed E-state index contributed by atoms with van der Waals surface area (Å²) >= 11 is -2.04. The highest BCUT2D eigenvalue weighted by Gasteiger charge is 2.28. The van der Waals surface area contributed by atoms with Crippen molar-refractivity contribution in [2.75, 3.05) is 39.3 Å². The predicted molar refractivity (Wildman–Crippen MR) is 48.7 cm³/mol. The first-order chi connectivity index (χ1) is 6.27. The van der Waals surface area contributed by atoms with E-state index < -0.39 is 11.3 Å². The number of nitrogens with one attached hydrogen (secondary N) is 1. The smallest absolute Gasteiger partial charge is 0.0358 e. The zero-order valence-electron chi connectivity index (χ0n) is 7.44. The number of nitrogens with zero attached hydrogens (tertiary/aromatic N) is 2. The van der Waals surface area contributed by atoms with E-state index in [0.717, 1.165) is 26.2 Å². The van der Waals surface area contributed by atoms with Crippen LogP contribution < -0.4 is 5.32 Å². The van der Waals surface area contributed by atoms with E-state index in [9.17, 15) is 8.76 Å². The van der Waals surface area contributed by atoms with E-state index >= 15 is 0 Å². The van der Waals surface area contributed by atoms with Crippen molar-refractivity contribution >= 4 is 11.3 Å². The Hall–Kier alpha value is -0.0100. The Labute approximate surface area is 80.5 Å². The highest BCUT2D eigenvalue weighted by molar-refractivity contribution is 7.76. The molecule has 0 aromatic rings. The maximum absolute atomic E-state index is 10.7. The van der Waals surface area contributed by atoms with Crippen LogP contribution in [0.25, 0.3) is 0 Å². The van der Waals surface area contributed by atoms with Gasteiger partial charge in [-0.1, -0.05) is 0 Å². The molecule has 1 N–H and O–H groups in total. The summed E-state index contributed by atoms with van der Waals surface area (Å²) in [6.45, 7) is 5.14. The van der Waals surface area contributed by atoms with Crippen molar-refractivity contribution in [1.82, 2.24) is 14.5 Å². The molecular weight excluding hydrogens is 190 g/mol. The normalized spacial score (nSPS) is 34.1. The Morgan fingerprint density at radius 2 is 2.23 bits per heavy atom. The summed E-state index contributed by atoms with van der Waals surface area (Å²) in [7, 11) is 0. The molecule has 0 bridgehead atoms. The van der Waals surface area contributed by atoms with Crippen molar-refractivity contribution in [3.05, 3.63) is 0 Å². The Balaban J connectivity index is 1.95. The third-order valence-electron chi connectivity index (χ3n) is 2.73. The minimum Gasteiger partial charge on any atom is -0.760 e. The monoisotopic (exact) mass is 204 g/mol. The molecule has 2 rings (SSSR count). The second-order valence-corrected chi connectivity index (χ2v) is 4.45. The van der Waals surface area contributed by atoms with Gasteiger partial charge in [0.25, 0.3) is 0 Å². The lowest BCUT2D eigenvalue weighted by molar-refractivity contribution is 0.0945. The minimum atomic E-state index is -2.04. The maximum atomic E-state index is 10.7. The van der Waals surface area contributed by atoms with Gasteiger partial charge in [-0.05, 0) is 0 Å². The van der Waals surface area contributed by atoms with Crippen LogP contribution >= 0.6 is 0 Å². The lowest BCUT2D eigenvalue weighted by Crippen LogP contribution is -2.61. The van der Waals surface area contributed by atoms with Crippen LogP contribution in [0.3, 0.4) is 0 Å². The Kier molecular flexibility index (Phi) is 2.95. The lowest BCUT2D eigenvalue weighted by atomic mass is 10.1. The van der Waals surface area contributed by atoms with E-state index in [0.29, 0.717) is 19.1 Å². The summed E-state index contributed by atoms with van der Waals surface area (Å²) in [5.74, 6) is 0. The number of hydrogen-bond donors (Lipinski definition) is 1. The zero-order chi connectivity index (χ0) is 9.26. The molecule has 2 unspecified atom stereocenters. The van der Waals surface area contributed by atoms with Gasteiger partial charge in [0.15, 0.2) is 0 Å². The summed E-state index contributed by atoms with van der Waals surface area (Å²) in [4.78, 5) is 2.36. The molecule has 2 saturated heterocycles. The van der Waals surface area contributed by atoms with E-state index in [1.165, 1.54) is 4.31 Å². The number of fused-ring (bicyclic) bond motifs is 1. The Morgan fingerprint density at radius 3 is 3.00 bits per heavy atom. The molecule has 76 valence electrons. The second kappa shape index (κ2) is 4.02. The molecule has 2 atom stereocenters. The first-order valence-corrected chi connectivity index (χ1v) is 5.59. The maximum Gasteiger partial charge on any atom is 0.0358 e. The van der Waals surface area contributed by atoms with Gasteiger partial charge in [-0.3, -0.25) is 9.11 Å². The quantitative estimate of drug-likeness (QED) is 0.521. The third-order valence-corrected chi connectivity index (χ3v) is 3.49. The van der Waals surface area contributed by atoms with E-state index in [2.05, 4.69) is 10.2 Å². The van der Waals surface area contributed by atoms with Crippen LogP contribution in [0, 0.1) is 0 Å². The van der Waals surface area contributed by atoms with Crippen LogP contribution in [-0.2, 0) is 11.3 Å². The standard InChI is InChI=1S/C7H15N3O2S/c11-13(12)10-4-3-9-2-1-8-5-7(9)6-10/h7-8H,1-6H2,(H,11,12)/p-1.